The van der Waals surface area contributed by atoms with Crippen molar-refractivity contribution < 1.29 is 9.47 Å². The molecule has 1 atom stereocenters. The molecule has 2 rings (SSSR count). The molecule has 19 heavy (non-hydrogen) atoms. The highest BCUT2D eigenvalue weighted by Gasteiger charge is 2.16. The third-order valence-corrected chi connectivity index (χ3v) is 4.26. The van der Waals surface area contributed by atoms with Crippen LogP contribution in [0.3, 0.4) is 0 Å². The highest BCUT2D eigenvalue weighted by atomic mass is 79.9. The lowest BCUT2D eigenvalue weighted by Gasteiger charge is -2.18. The van der Waals surface area contributed by atoms with Crippen molar-refractivity contribution in [3.8, 4) is 11.5 Å². The summed E-state index contributed by atoms with van der Waals surface area (Å²) in [5.74, 6) is 1.48. The fraction of sp³-hybridized carbons (Fsp3) is 0.286. The van der Waals surface area contributed by atoms with Crippen LogP contribution in [0.4, 0.5) is 0 Å². The van der Waals surface area contributed by atoms with Gasteiger partial charge >= 0.3 is 0 Å². The Morgan fingerprint density at radius 1 is 1.21 bits per heavy atom. The van der Waals surface area contributed by atoms with E-state index < -0.39 is 0 Å². The van der Waals surface area contributed by atoms with Gasteiger partial charge in [-0.2, -0.15) is 0 Å². The van der Waals surface area contributed by atoms with E-state index in [1.54, 1.807) is 11.3 Å². The smallest absolute Gasteiger partial charge is 0.162 e. The zero-order chi connectivity index (χ0) is 13.7. The van der Waals surface area contributed by atoms with E-state index in [1.165, 1.54) is 0 Å². The minimum absolute atomic E-state index is 0.155. The number of halogens is 1. The SMILES string of the molecule is CCOc1ccccc1OC(CN)c1ccc(Br)s1. The van der Waals surface area contributed by atoms with E-state index in [9.17, 15) is 0 Å². The van der Waals surface area contributed by atoms with Crippen LogP contribution in [0.2, 0.25) is 0 Å². The van der Waals surface area contributed by atoms with Crippen LogP contribution in [-0.4, -0.2) is 13.2 Å². The van der Waals surface area contributed by atoms with Crippen LogP contribution >= 0.6 is 27.3 Å². The van der Waals surface area contributed by atoms with Gasteiger partial charge in [0.2, 0.25) is 0 Å². The molecule has 2 N–H and O–H groups in total. The predicted molar refractivity (Wildman–Crippen MR) is 82.1 cm³/mol. The molecular weight excluding hydrogens is 326 g/mol. The molecule has 1 heterocycles. The van der Waals surface area contributed by atoms with E-state index in [1.807, 2.05) is 43.3 Å². The Labute approximate surface area is 125 Å². The molecule has 0 radical (unpaired) electrons. The van der Waals surface area contributed by atoms with Gasteiger partial charge in [-0.15, -0.1) is 11.3 Å². The third kappa shape index (κ3) is 3.72. The molecule has 2 aromatic rings. The fourth-order valence-corrected chi connectivity index (χ4v) is 3.17. The molecule has 0 bridgehead atoms. The Kier molecular flexibility index (Phi) is 5.24. The molecule has 0 amide bonds. The largest absolute Gasteiger partial charge is 0.490 e. The molecule has 1 aromatic carbocycles. The van der Waals surface area contributed by atoms with Crippen LogP contribution in [-0.2, 0) is 0 Å². The average Bonchev–Trinajstić information content (AvgIpc) is 2.84. The number of nitrogens with two attached hydrogens (primary N) is 1. The zero-order valence-electron chi connectivity index (χ0n) is 10.6. The Hall–Kier alpha value is -1.04. The number of benzene rings is 1. The van der Waals surface area contributed by atoms with Gasteiger partial charge < -0.3 is 15.2 Å². The summed E-state index contributed by atoms with van der Waals surface area (Å²) >= 11 is 5.08. The van der Waals surface area contributed by atoms with Crippen LogP contribution in [0.15, 0.2) is 40.2 Å². The summed E-state index contributed by atoms with van der Waals surface area (Å²) < 4.78 is 12.6. The van der Waals surface area contributed by atoms with Gasteiger partial charge in [0.05, 0.1) is 10.4 Å². The van der Waals surface area contributed by atoms with E-state index in [0.29, 0.717) is 13.2 Å². The first-order valence-electron chi connectivity index (χ1n) is 6.08. The second-order valence-electron chi connectivity index (χ2n) is 3.86. The quantitative estimate of drug-likeness (QED) is 0.863. The maximum Gasteiger partial charge on any atom is 0.162 e. The van der Waals surface area contributed by atoms with Crippen molar-refractivity contribution in [2.45, 2.75) is 13.0 Å². The summed E-state index contributed by atoms with van der Waals surface area (Å²) in [6.45, 7) is 2.99. The molecule has 1 unspecified atom stereocenters. The minimum Gasteiger partial charge on any atom is -0.490 e. The molecule has 3 nitrogen and oxygen atoms in total. The van der Waals surface area contributed by atoms with Crippen molar-refractivity contribution in [1.29, 1.82) is 0 Å². The first-order chi connectivity index (χ1) is 9.24. The summed E-state index contributed by atoms with van der Waals surface area (Å²) in [7, 11) is 0. The Morgan fingerprint density at radius 3 is 2.53 bits per heavy atom. The molecule has 0 aliphatic rings. The minimum atomic E-state index is -0.155. The molecule has 0 aliphatic heterocycles. The second-order valence-corrected chi connectivity index (χ2v) is 6.36. The number of rotatable bonds is 6. The lowest BCUT2D eigenvalue weighted by molar-refractivity contribution is 0.203. The summed E-state index contributed by atoms with van der Waals surface area (Å²) in [5, 5.41) is 0. The maximum atomic E-state index is 5.99. The van der Waals surface area contributed by atoms with Gasteiger partial charge in [0.1, 0.15) is 6.10 Å². The number of thiophene rings is 1. The zero-order valence-corrected chi connectivity index (χ0v) is 13.0. The van der Waals surface area contributed by atoms with Crippen molar-refractivity contribution in [1.82, 2.24) is 0 Å². The van der Waals surface area contributed by atoms with Crippen LogP contribution in [0.25, 0.3) is 0 Å². The third-order valence-electron chi connectivity index (χ3n) is 2.54. The van der Waals surface area contributed by atoms with Crippen LogP contribution in [0.1, 0.15) is 17.9 Å². The van der Waals surface area contributed by atoms with Crippen molar-refractivity contribution in [2.24, 2.45) is 5.73 Å². The second kappa shape index (κ2) is 6.93. The monoisotopic (exact) mass is 341 g/mol. The van der Waals surface area contributed by atoms with E-state index in [4.69, 9.17) is 15.2 Å². The van der Waals surface area contributed by atoms with Gasteiger partial charge in [0.15, 0.2) is 11.5 Å². The first-order valence-corrected chi connectivity index (χ1v) is 7.69. The van der Waals surface area contributed by atoms with E-state index in [0.717, 1.165) is 20.2 Å². The summed E-state index contributed by atoms with van der Waals surface area (Å²) in [5.41, 5.74) is 5.81. The van der Waals surface area contributed by atoms with Crippen LogP contribution < -0.4 is 15.2 Å². The molecular formula is C14H16BrNO2S. The molecule has 0 saturated carbocycles. The van der Waals surface area contributed by atoms with Crippen LogP contribution in [0.5, 0.6) is 11.5 Å². The molecule has 0 fully saturated rings. The molecule has 5 heteroatoms. The molecule has 0 aliphatic carbocycles. The lowest BCUT2D eigenvalue weighted by atomic mass is 10.2. The maximum absolute atomic E-state index is 5.99. The average molecular weight is 342 g/mol. The molecule has 102 valence electrons. The highest BCUT2D eigenvalue weighted by Crippen LogP contribution is 2.34. The molecule has 1 aromatic heterocycles. The normalized spacial score (nSPS) is 12.2. The first kappa shape index (κ1) is 14.4. The summed E-state index contributed by atoms with van der Waals surface area (Å²) in [6, 6.07) is 11.7. The fourth-order valence-electron chi connectivity index (χ4n) is 1.70. The molecule has 0 spiro atoms. The van der Waals surface area contributed by atoms with Gasteiger partial charge in [-0.3, -0.25) is 0 Å². The molecule has 0 saturated heterocycles. The topological polar surface area (TPSA) is 44.5 Å². The van der Waals surface area contributed by atoms with Crippen molar-refractivity contribution in [3.63, 3.8) is 0 Å². The number of para-hydroxylation sites is 2. The highest BCUT2D eigenvalue weighted by molar-refractivity contribution is 9.11. The lowest BCUT2D eigenvalue weighted by Crippen LogP contribution is -2.17. The van der Waals surface area contributed by atoms with Crippen LogP contribution in [0, 0.1) is 0 Å². The van der Waals surface area contributed by atoms with Gasteiger partial charge in [0.25, 0.3) is 0 Å². The van der Waals surface area contributed by atoms with Gasteiger partial charge in [-0.1, -0.05) is 12.1 Å². The number of hydrogen-bond donors (Lipinski definition) is 1. The summed E-state index contributed by atoms with van der Waals surface area (Å²) in [6.07, 6.45) is -0.155. The summed E-state index contributed by atoms with van der Waals surface area (Å²) in [4.78, 5) is 1.10. The van der Waals surface area contributed by atoms with Crippen molar-refractivity contribution >= 4 is 27.3 Å². The van der Waals surface area contributed by atoms with Gasteiger partial charge in [-0.25, -0.2) is 0 Å². The van der Waals surface area contributed by atoms with E-state index in [2.05, 4.69) is 15.9 Å². The Balaban J connectivity index is 2.18. The standard InChI is InChI=1S/C14H16BrNO2S/c1-2-17-10-5-3-4-6-11(10)18-12(9-16)13-7-8-14(15)19-13/h3-8,12H,2,9,16H2,1H3. The van der Waals surface area contributed by atoms with Crippen molar-refractivity contribution in [2.75, 3.05) is 13.2 Å². The predicted octanol–water partition coefficient (Wildman–Crippen LogP) is 3.99. The van der Waals surface area contributed by atoms with Crippen molar-refractivity contribution in [3.05, 3.63) is 45.1 Å². The number of ether oxygens (including phenoxy) is 2. The van der Waals surface area contributed by atoms with E-state index >= 15 is 0 Å². The van der Waals surface area contributed by atoms with E-state index in [-0.39, 0.29) is 6.10 Å². The number of hydrogen-bond acceptors (Lipinski definition) is 4. The van der Waals surface area contributed by atoms with Gasteiger partial charge in [-0.05, 0) is 47.1 Å². The Bertz CT molecular complexity index is 530. The Morgan fingerprint density at radius 2 is 1.95 bits per heavy atom. The van der Waals surface area contributed by atoms with Gasteiger partial charge in [0, 0.05) is 11.4 Å².